The Morgan fingerprint density at radius 3 is 2.30 bits per heavy atom. The van der Waals surface area contributed by atoms with Crippen LogP contribution in [0.1, 0.15) is 11.1 Å². The van der Waals surface area contributed by atoms with Crippen molar-refractivity contribution in [1.29, 1.82) is 0 Å². The number of carbonyl (C=O) groups excluding carboxylic acids is 1. The third-order valence-electron chi connectivity index (χ3n) is 4.30. The Morgan fingerprint density at radius 2 is 1.63 bits per heavy atom. The van der Waals surface area contributed by atoms with E-state index in [0.717, 1.165) is 11.1 Å². The first kappa shape index (κ1) is 21.7. The van der Waals surface area contributed by atoms with E-state index in [1.165, 1.54) is 24.3 Å². The highest BCUT2D eigenvalue weighted by molar-refractivity contribution is 7.92. The van der Waals surface area contributed by atoms with Crippen LogP contribution in [-0.4, -0.2) is 20.9 Å². The van der Waals surface area contributed by atoms with Gasteiger partial charge in [0, 0.05) is 11.6 Å². The molecule has 6 nitrogen and oxygen atoms in total. The van der Waals surface area contributed by atoms with Crippen LogP contribution in [0.3, 0.4) is 0 Å². The first-order valence-corrected chi connectivity index (χ1v) is 11.0. The van der Waals surface area contributed by atoms with Gasteiger partial charge in [-0.3, -0.25) is 9.52 Å². The molecular weight excluding hydrogens is 424 g/mol. The third-order valence-corrected chi connectivity index (χ3v) is 5.93. The fourth-order valence-electron chi connectivity index (χ4n) is 2.61. The Kier molecular flexibility index (Phi) is 6.97. The maximum Gasteiger partial charge on any atom is 0.261 e. The van der Waals surface area contributed by atoms with Crippen molar-refractivity contribution in [2.45, 2.75) is 18.4 Å². The number of para-hydroxylation sites is 1. The molecule has 0 unspecified atom stereocenters. The molecule has 0 bridgehead atoms. The molecule has 3 aromatic carbocycles. The molecule has 3 aromatic rings. The van der Waals surface area contributed by atoms with E-state index in [1.54, 1.807) is 24.3 Å². The number of amides is 1. The van der Waals surface area contributed by atoms with Crippen LogP contribution >= 0.6 is 11.6 Å². The number of halogens is 1. The van der Waals surface area contributed by atoms with Crippen LogP contribution in [0.4, 0.5) is 5.69 Å². The second kappa shape index (κ2) is 9.65. The zero-order valence-electron chi connectivity index (χ0n) is 16.3. The number of ether oxygens (including phenoxy) is 1. The van der Waals surface area contributed by atoms with Crippen molar-refractivity contribution < 1.29 is 17.9 Å². The molecular formula is C22H21ClN2O4S. The van der Waals surface area contributed by atoms with Crippen molar-refractivity contribution in [3.8, 4) is 5.75 Å². The Morgan fingerprint density at radius 1 is 0.967 bits per heavy atom. The standard InChI is InChI=1S/C22H21ClN2O4S/c1-16-4-2-3-5-21(16)25-30(27,28)20-12-10-19(11-13-20)29-15-22(26)24-14-17-6-8-18(23)9-7-17/h2-13,25H,14-15H2,1H3,(H,24,26). The predicted octanol–water partition coefficient (Wildman–Crippen LogP) is 4.14. The van der Waals surface area contributed by atoms with Crippen LogP contribution in [-0.2, 0) is 21.4 Å². The average Bonchev–Trinajstić information content (AvgIpc) is 2.74. The predicted molar refractivity (Wildman–Crippen MR) is 117 cm³/mol. The van der Waals surface area contributed by atoms with Gasteiger partial charge in [0.25, 0.3) is 15.9 Å². The van der Waals surface area contributed by atoms with Crippen LogP contribution in [0.5, 0.6) is 5.75 Å². The maximum atomic E-state index is 12.5. The number of hydrogen-bond acceptors (Lipinski definition) is 4. The molecule has 0 heterocycles. The molecule has 0 saturated heterocycles. The monoisotopic (exact) mass is 444 g/mol. The molecule has 0 fully saturated rings. The normalized spacial score (nSPS) is 11.0. The van der Waals surface area contributed by atoms with Gasteiger partial charge in [0.05, 0.1) is 10.6 Å². The van der Waals surface area contributed by atoms with E-state index in [1.807, 2.05) is 31.2 Å². The van der Waals surface area contributed by atoms with Crippen molar-refractivity contribution >= 4 is 33.2 Å². The lowest BCUT2D eigenvalue weighted by molar-refractivity contribution is -0.123. The molecule has 2 N–H and O–H groups in total. The van der Waals surface area contributed by atoms with E-state index in [0.29, 0.717) is 23.0 Å². The zero-order valence-corrected chi connectivity index (χ0v) is 17.8. The number of carbonyl (C=O) groups is 1. The first-order valence-electron chi connectivity index (χ1n) is 9.16. The number of rotatable bonds is 8. The topological polar surface area (TPSA) is 84.5 Å². The second-order valence-corrected chi connectivity index (χ2v) is 8.70. The molecule has 0 radical (unpaired) electrons. The van der Waals surface area contributed by atoms with Crippen molar-refractivity contribution in [3.05, 3.63) is 88.9 Å². The summed E-state index contributed by atoms with van der Waals surface area (Å²) in [5, 5.41) is 3.38. The third kappa shape index (κ3) is 5.98. The van der Waals surface area contributed by atoms with E-state index < -0.39 is 10.0 Å². The lowest BCUT2D eigenvalue weighted by atomic mass is 10.2. The summed E-state index contributed by atoms with van der Waals surface area (Å²) in [6.45, 7) is 2.01. The highest BCUT2D eigenvalue weighted by Gasteiger charge is 2.15. The van der Waals surface area contributed by atoms with Gasteiger partial charge in [-0.2, -0.15) is 0 Å². The molecule has 0 aromatic heterocycles. The maximum absolute atomic E-state index is 12.5. The number of hydrogen-bond donors (Lipinski definition) is 2. The van der Waals surface area contributed by atoms with Gasteiger partial charge in [0.1, 0.15) is 5.75 Å². The van der Waals surface area contributed by atoms with E-state index in [2.05, 4.69) is 10.0 Å². The fourth-order valence-corrected chi connectivity index (χ4v) is 3.87. The fraction of sp³-hybridized carbons (Fsp3) is 0.136. The van der Waals surface area contributed by atoms with Gasteiger partial charge in [-0.05, 0) is 60.5 Å². The van der Waals surface area contributed by atoms with E-state index in [4.69, 9.17) is 16.3 Å². The van der Waals surface area contributed by atoms with E-state index in [-0.39, 0.29) is 17.4 Å². The summed E-state index contributed by atoms with van der Waals surface area (Å²) < 4.78 is 33.1. The smallest absolute Gasteiger partial charge is 0.261 e. The number of sulfonamides is 1. The first-order chi connectivity index (χ1) is 14.3. The van der Waals surface area contributed by atoms with Gasteiger partial charge in [0.15, 0.2) is 6.61 Å². The van der Waals surface area contributed by atoms with Gasteiger partial charge in [-0.25, -0.2) is 8.42 Å². The van der Waals surface area contributed by atoms with Gasteiger partial charge < -0.3 is 10.1 Å². The van der Waals surface area contributed by atoms with Crippen LogP contribution in [0.25, 0.3) is 0 Å². The minimum absolute atomic E-state index is 0.102. The highest BCUT2D eigenvalue weighted by Crippen LogP contribution is 2.21. The highest BCUT2D eigenvalue weighted by atomic mass is 35.5. The molecule has 0 saturated carbocycles. The number of benzene rings is 3. The summed E-state index contributed by atoms with van der Waals surface area (Å²) >= 11 is 5.83. The molecule has 0 aliphatic rings. The van der Waals surface area contributed by atoms with Crippen LogP contribution in [0.2, 0.25) is 5.02 Å². The Balaban J connectivity index is 1.53. The van der Waals surface area contributed by atoms with Gasteiger partial charge in [0.2, 0.25) is 0 Å². The molecule has 3 rings (SSSR count). The van der Waals surface area contributed by atoms with Crippen LogP contribution in [0.15, 0.2) is 77.7 Å². The van der Waals surface area contributed by atoms with Gasteiger partial charge in [-0.15, -0.1) is 0 Å². The summed E-state index contributed by atoms with van der Waals surface area (Å²) in [6.07, 6.45) is 0. The van der Waals surface area contributed by atoms with Crippen molar-refractivity contribution in [2.24, 2.45) is 0 Å². The quantitative estimate of drug-likeness (QED) is 0.546. The Labute approximate surface area is 180 Å². The lowest BCUT2D eigenvalue weighted by Crippen LogP contribution is -2.28. The Bertz CT molecular complexity index is 1110. The van der Waals surface area contributed by atoms with E-state index in [9.17, 15) is 13.2 Å². The number of nitrogens with one attached hydrogen (secondary N) is 2. The molecule has 1 amide bonds. The molecule has 0 aliphatic carbocycles. The lowest BCUT2D eigenvalue weighted by Gasteiger charge is -2.11. The van der Waals surface area contributed by atoms with Crippen molar-refractivity contribution in [1.82, 2.24) is 5.32 Å². The Hall–Kier alpha value is -3.03. The molecule has 0 aliphatic heterocycles. The average molecular weight is 445 g/mol. The largest absolute Gasteiger partial charge is 0.484 e. The minimum Gasteiger partial charge on any atom is -0.484 e. The van der Waals surface area contributed by atoms with E-state index >= 15 is 0 Å². The molecule has 0 spiro atoms. The summed E-state index contributed by atoms with van der Waals surface area (Å²) in [5.41, 5.74) is 2.27. The summed E-state index contributed by atoms with van der Waals surface area (Å²) in [5.74, 6) is 0.106. The van der Waals surface area contributed by atoms with Crippen molar-refractivity contribution in [3.63, 3.8) is 0 Å². The SMILES string of the molecule is Cc1ccccc1NS(=O)(=O)c1ccc(OCC(=O)NCc2ccc(Cl)cc2)cc1. The summed E-state index contributed by atoms with van der Waals surface area (Å²) in [6, 6.07) is 20.2. The molecule has 156 valence electrons. The molecule has 0 atom stereocenters. The van der Waals surface area contributed by atoms with Crippen LogP contribution in [0, 0.1) is 6.92 Å². The number of anilines is 1. The van der Waals surface area contributed by atoms with Gasteiger partial charge in [-0.1, -0.05) is 41.9 Å². The minimum atomic E-state index is -3.72. The van der Waals surface area contributed by atoms with Crippen LogP contribution < -0.4 is 14.8 Å². The number of aryl methyl sites for hydroxylation is 1. The second-order valence-electron chi connectivity index (χ2n) is 6.58. The molecule has 8 heteroatoms. The van der Waals surface area contributed by atoms with Gasteiger partial charge >= 0.3 is 0 Å². The van der Waals surface area contributed by atoms with Crippen molar-refractivity contribution in [2.75, 3.05) is 11.3 Å². The zero-order chi connectivity index (χ0) is 21.6. The summed E-state index contributed by atoms with van der Waals surface area (Å²) in [4.78, 5) is 12.1. The molecule has 30 heavy (non-hydrogen) atoms. The summed E-state index contributed by atoms with van der Waals surface area (Å²) in [7, 11) is -3.72.